The Morgan fingerprint density at radius 2 is 1.88 bits per heavy atom. The summed E-state index contributed by atoms with van der Waals surface area (Å²) in [5, 5.41) is 3.44. The number of pyridine rings is 1. The summed E-state index contributed by atoms with van der Waals surface area (Å²) >= 11 is 0. The predicted octanol–water partition coefficient (Wildman–Crippen LogP) is 3.94. The van der Waals surface area contributed by atoms with E-state index < -0.39 is 0 Å². The van der Waals surface area contributed by atoms with Crippen molar-refractivity contribution in [2.45, 2.75) is 57.0 Å². The van der Waals surface area contributed by atoms with Gasteiger partial charge in [0.05, 0.1) is 11.1 Å². The van der Waals surface area contributed by atoms with Gasteiger partial charge in [-0.15, -0.1) is 24.8 Å². The molecule has 140 valence electrons. The van der Waals surface area contributed by atoms with Crippen molar-refractivity contribution in [2.24, 2.45) is 0 Å². The summed E-state index contributed by atoms with van der Waals surface area (Å²) in [5.74, 6) is 2.14. The molecule has 0 aliphatic carbocycles. The zero-order valence-corrected chi connectivity index (χ0v) is 16.5. The minimum Gasteiger partial charge on any atom is -0.376 e. The van der Waals surface area contributed by atoms with Gasteiger partial charge in [-0.25, -0.2) is 9.97 Å². The van der Waals surface area contributed by atoms with E-state index in [4.69, 9.17) is 9.72 Å². The number of nitrogens with zero attached hydrogens (tertiary/aromatic N) is 2. The summed E-state index contributed by atoms with van der Waals surface area (Å²) < 4.78 is 5.85. The summed E-state index contributed by atoms with van der Waals surface area (Å²) in [7, 11) is 0. The molecule has 4 rings (SSSR count). The van der Waals surface area contributed by atoms with Crippen molar-refractivity contribution in [1.82, 2.24) is 20.3 Å². The molecule has 2 N–H and O–H groups in total. The smallest absolute Gasteiger partial charge is 0.177 e. The van der Waals surface area contributed by atoms with Gasteiger partial charge >= 0.3 is 0 Å². The maximum atomic E-state index is 5.85. The molecule has 0 radical (unpaired) electrons. The third kappa shape index (κ3) is 4.27. The molecule has 0 amide bonds. The molecule has 2 saturated heterocycles. The first kappa shape index (κ1) is 20.4. The average molecular weight is 387 g/mol. The van der Waals surface area contributed by atoms with Crippen LogP contribution in [0, 0.1) is 0 Å². The van der Waals surface area contributed by atoms with Crippen LogP contribution < -0.4 is 5.32 Å². The van der Waals surface area contributed by atoms with Crippen LogP contribution in [-0.2, 0) is 4.74 Å². The molecule has 1 unspecified atom stereocenters. The average Bonchev–Trinajstić information content (AvgIpc) is 2.99. The normalized spacial score (nSPS) is 23.7. The highest BCUT2D eigenvalue weighted by Gasteiger charge is 2.32. The third-order valence-corrected chi connectivity index (χ3v) is 5.31. The van der Waals surface area contributed by atoms with Crippen molar-refractivity contribution in [3.63, 3.8) is 0 Å². The number of piperidine rings is 1. The number of halogens is 2. The first-order valence-electron chi connectivity index (χ1n) is 8.81. The van der Waals surface area contributed by atoms with Gasteiger partial charge in [0, 0.05) is 18.7 Å². The molecule has 4 heterocycles. The Bertz CT molecular complexity index is 697. The van der Waals surface area contributed by atoms with E-state index >= 15 is 0 Å². The number of aromatic nitrogens is 3. The molecule has 0 bridgehead atoms. The maximum Gasteiger partial charge on any atom is 0.177 e. The molecule has 2 aliphatic heterocycles. The molecule has 7 heteroatoms. The number of nitrogens with one attached hydrogen (secondary N) is 2. The number of imidazole rings is 1. The van der Waals surface area contributed by atoms with E-state index in [-0.39, 0.29) is 30.4 Å². The Morgan fingerprint density at radius 3 is 2.60 bits per heavy atom. The third-order valence-electron chi connectivity index (χ3n) is 5.31. The fourth-order valence-corrected chi connectivity index (χ4v) is 4.08. The molecule has 2 aromatic heterocycles. The summed E-state index contributed by atoms with van der Waals surface area (Å²) in [4.78, 5) is 12.9. The zero-order valence-electron chi connectivity index (χ0n) is 14.9. The zero-order chi connectivity index (χ0) is 15.9. The lowest BCUT2D eigenvalue weighted by Crippen LogP contribution is -2.33. The van der Waals surface area contributed by atoms with Gasteiger partial charge in [-0.2, -0.15) is 0 Å². The Hall–Kier alpha value is -0.880. The van der Waals surface area contributed by atoms with E-state index in [0.29, 0.717) is 11.8 Å². The van der Waals surface area contributed by atoms with E-state index in [1.54, 1.807) is 0 Å². The molecule has 1 atom stereocenters. The highest BCUT2D eigenvalue weighted by molar-refractivity contribution is 5.85. The first-order valence-corrected chi connectivity index (χ1v) is 8.81. The molecule has 0 spiro atoms. The molecule has 0 saturated carbocycles. The topological polar surface area (TPSA) is 62.8 Å². The molecule has 25 heavy (non-hydrogen) atoms. The van der Waals surface area contributed by atoms with Gasteiger partial charge in [-0.1, -0.05) is 0 Å². The molecule has 2 aliphatic rings. The quantitative estimate of drug-likeness (QED) is 0.819. The van der Waals surface area contributed by atoms with Gasteiger partial charge in [0.15, 0.2) is 5.65 Å². The van der Waals surface area contributed by atoms with Crippen LogP contribution in [0.2, 0.25) is 0 Å². The monoisotopic (exact) mass is 386 g/mol. The van der Waals surface area contributed by atoms with Crippen molar-refractivity contribution in [2.75, 3.05) is 19.7 Å². The number of hydrogen-bond donors (Lipinski definition) is 2. The molecular formula is C18H28Cl2N4O. The number of aromatic amines is 1. The molecular weight excluding hydrogens is 359 g/mol. The number of fused-ring (bicyclic) bond motifs is 1. The van der Waals surface area contributed by atoms with Crippen molar-refractivity contribution in [3.8, 4) is 0 Å². The predicted molar refractivity (Wildman–Crippen MR) is 105 cm³/mol. The van der Waals surface area contributed by atoms with E-state index in [1.165, 1.54) is 18.4 Å². The van der Waals surface area contributed by atoms with Gasteiger partial charge in [-0.05, 0) is 70.2 Å². The number of hydrogen-bond acceptors (Lipinski definition) is 4. The summed E-state index contributed by atoms with van der Waals surface area (Å²) in [6.07, 6.45) is 6.34. The second-order valence-corrected chi connectivity index (χ2v) is 7.54. The SMILES string of the molecule is CC1(C)CC(c2nc3nccc(C4CCNCC4)c3[nH]2)CCO1.Cl.Cl. The molecule has 5 nitrogen and oxygen atoms in total. The Balaban J connectivity index is 0.00000113. The fourth-order valence-electron chi connectivity index (χ4n) is 4.08. The van der Waals surface area contributed by atoms with Gasteiger partial charge < -0.3 is 15.0 Å². The van der Waals surface area contributed by atoms with Crippen molar-refractivity contribution >= 4 is 36.0 Å². The van der Waals surface area contributed by atoms with Crippen LogP contribution in [0.4, 0.5) is 0 Å². The first-order chi connectivity index (χ1) is 11.1. The van der Waals surface area contributed by atoms with Crippen molar-refractivity contribution in [3.05, 3.63) is 23.7 Å². The minimum absolute atomic E-state index is 0. The van der Waals surface area contributed by atoms with E-state index in [2.05, 4.69) is 35.2 Å². The van der Waals surface area contributed by atoms with Gasteiger partial charge in [0.1, 0.15) is 5.82 Å². The minimum atomic E-state index is -0.0623. The second kappa shape index (κ2) is 8.21. The largest absolute Gasteiger partial charge is 0.376 e. The van der Waals surface area contributed by atoms with Crippen LogP contribution in [0.5, 0.6) is 0 Å². The van der Waals surface area contributed by atoms with E-state index in [9.17, 15) is 0 Å². The lowest BCUT2D eigenvalue weighted by Gasteiger charge is -2.34. The second-order valence-electron chi connectivity index (χ2n) is 7.54. The van der Waals surface area contributed by atoms with Crippen molar-refractivity contribution in [1.29, 1.82) is 0 Å². The van der Waals surface area contributed by atoms with Gasteiger partial charge in [-0.3, -0.25) is 0 Å². The molecule has 2 fully saturated rings. The van der Waals surface area contributed by atoms with Crippen LogP contribution in [0.1, 0.15) is 62.8 Å². The van der Waals surface area contributed by atoms with Crippen LogP contribution in [0.3, 0.4) is 0 Å². The molecule has 2 aromatic rings. The van der Waals surface area contributed by atoms with Crippen LogP contribution >= 0.6 is 24.8 Å². The Morgan fingerprint density at radius 1 is 1.12 bits per heavy atom. The highest BCUT2D eigenvalue weighted by atomic mass is 35.5. The fraction of sp³-hybridized carbons (Fsp3) is 0.667. The van der Waals surface area contributed by atoms with Crippen LogP contribution in [0.15, 0.2) is 12.3 Å². The summed E-state index contributed by atoms with van der Waals surface area (Å²) in [5.41, 5.74) is 3.35. The van der Waals surface area contributed by atoms with Gasteiger partial charge in [0.25, 0.3) is 0 Å². The Kier molecular flexibility index (Phi) is 6.71. The standard InChI is InChI=1S/C18H26N4O.2ClH/c1-18(2)11-13(6-10-23-18)16-21-15-14(5-9-20-17(15)22-16)12-3-7-19-8-4-12;;/h5,9,12-13,19H,3-4,6-8,10-11H2,1-2H3,(H,20,21,22);2*1H. The highest BCUT2D eigenvalue weighted by Crippen LogP contribution is 2.36. The van der Waals surface area contributed by atoms with E-state index in [1.807, 2.05) is 6.20 Å². The van der Waals surface area contributed by atoms with Crippen LogP contribution in [-0.4, -0.2) is 40.2 Å². The lowest BCUT2D eigenvalue weighted by molar-refractivity contribution is -0.0602. The number of H-pyrrole nitrogens is 1. The summed E-state index contributed by atoms with van der Waals surface area (Å²) in [6.45, 7) is 7.34. The Labute approximate surface area is 161 Å². The molecule has 0 aromatic carbocycles. The van der Waals surface area contributed by atoms with Crippen LogP contribution in [0.25, 0.3) is 11.2 Å². The summed E-state index contributed by atoms with van der Waals surface area (Å²) in [6, 6.07) is 2.17. The number of rotatable bonds is 2. The number of ether oxygens (including phenoxy) is 1. The van der Waals surface area contributed by atoms with Gasteiger partial charge in [0.2, 0.25) is 0 Å². The van der Waals surface area contributed by atoms with Crippen molar-refractivity contribution < 1.29 is 4.74 Å². The maximum absolute atomic E-state index is 5.85. The van der Waals surface area contributed by atoms with E-state index in [0.717, 1.165) is 49.5 Å². The lowest BCUT2D eigenvalue weighted by atomic mass is 9.88.